The maximum absolute atomic E-state index is 13.1. The zero-order chi connectivity index (χ0) is 73.7. The highest BCUT2D eigenvalue weighted by Crippen LogP contribution is 2.45. The number of unbranched alkanes of at least 4 members (excludes halogenated alkanes) is 40. The fraction of sp³-hybridized carbons (Fsp3) is 0.901. The van der Waals surface area contributed by atoms with Crippen LogP contribution < -0.4 is 0 Å². The summed E-state index contributed by atoms with van der Waals surface area (Å²) in [7, 11) is -9.93. The molecule has 0 heterocycles. The molecule has 0 saturated carbocycles. The third-order valence-electron chi connectivity index (χ3n) is 19.0. The predicted octanol–water partition coefficient (Wildman–Crippen LogP) is 23.7. The van der Waals surface area contributed by atoms with E-state index in [1.165, 1.54) is 180 Å². The van der Waals surface area contributed by atoms with Crippen LogP contribution in [0, 0.1) is 17.8 Å². The zero-order valence-corrected chi connectivity index (χ0v) is 66.9. The molecular formula is C81H154O17P2. The minimum Gasteiger partial charge on any atom is -0.462 e. The van der Waals surface area contributed by atoms with Crippen LogP contribution in [-0.2, 0) is 65.4 Å². The molecule has 0 amide bonds. The van der Waals surface area contributed by atoms with E-state index in [1.807, 2.05) is 0 Å². The van der Waals surface area contributed by atoms with Crippen molar-refractivity contribution in [2.45, 2.75) is 414 Å². The molecule has 0 radical (unpaired) electrons. The number of hydrogen-bond donors (Lipinski definition) is 3. The first-order valence-electron chi connectivity index (χ1n) is 41.2. The zero-order valence-electron chi connectivity index (χ0n) is 65.2. The SMILES string of the molecule is CCCCCC/C=C\C=C/CCCCCCCC(=O)OC[C@H](COP(=O)(O)OC[C@@H](O)COP(=O)(O)OC[C@@H](COC(=O)CCCCCCCCC(C)C)OC(=O)CCCCCCCCCCCCCCCCCCCCC(C)CC)OC(=O)CCCCCCCCCCCCC(C)CC. The molecule has 0 aliphatic carbocycles. The topological polar surface area (TPSA) is 237 Å². The lowest BCUT2D eigenvalue weighted by atomic mass is 9.99. The van der Waals surface area contributed by atoms with Gasteiger partial charge in [-0.25, -0.2) is 9.13 Å². The van der Waals surface area contributed by atoms with Crippen LogP contribution in [0.2, 0.25) is 0 Å². The van der Waals surface area contributed by atoms with Crippen molar-refractivity contribution >= 4 is 39.5 Å². The maximum atomic E-state index is 13.1. The van der Waals surface area contributed by atoms with Gasteiger partial charge in [0.15, 0.2) is 12.2 Å². The normalized spacial score (nSPS) is 14.7. The Kier molecular flexibility index (Phi) is 69.1. The van der Waals surface area contributed by atoms with Crippen LogP contribution >= 0.6 is 15.6 Å². The largest absolute Gasteiger partial charge is 0.472 e. The summed E-state index contributed by atoms with van der Waals surface area (Å²) in [4.78, 5) is 72.9. The Hall–Kier alpha value is -2.46. The molecule has 0 saturated heterocycles. The summed E-state index contributed by atoms with van der Waals surface area (Å²) in [6.45, 7) is 11.9. The van der Waals surface area contributed by atoms with E-state index in [1.54, 1.807) is 0 Å². The van der Waals surface area contributed by atoms with Crippen molar-refractivity contribution in [1.29, 1.82) is 0 Å². The lowest BCUT2D eigenvalue weighted by Gasteiger charge is -2.21. The Morgan fingerprint density at radius 3 is 0.890 bits per heavy atom. The summed E-state index contributed by atoms with van der Waals surface area (Å²) >= 11 is 0. The number of allylic oxidation sites excluding steroid dienone is 4. The third-order valence-corrected chi connectivity index (χ3v) is 20.9. The molecule has 0 aromatic rings. The number of phosphoric acid groups is 2. The number of aliphatic hydroxyl groups excluding tert-OH is 1. The number of rotatable bonds is 77. The highest BCUT2D eigenvalue weighted by atomic mass is 31.2. The van der Waals surface area contributed by atoms with Crippen LogP contribution in [0.3, 0.4) is 0 Å². The summed E-state index contributed by atoms with van der Waals surface area (Å²) < 4.78 is 68.6. The molecule has 17 nitrogen and oxygen atoms in total. The molecule has 0 rings (SSSR count). The molecule has 0 spiro atoms. The monoisotopic (exact) mass is 1460 g/mol. The van der Waals surface area contributed by atoms with Crippen LogP contribution in [0.1, 0.15) is 395 Å². The van der Waals surface area contributed by atoms with Crippen LogP contribution in [0.4, 0.5) is 0 Å². The van der Waals surface area contributed by atoms with Gasteiger partial charge >= 0.3 is 39.5 Å². The first kappa shape index (κ1) is 97.5. The standard InChI is InChI=1S/C81H154O17P2/c1-8-11-12-13-14-15-16-17-22-26-29-35-40-48-55-62-78(83)91-68-76(97-81(86)65-58-51-42-37-32-31-34-39-47-54-61-74(7)10-3)70-95-99(87,88)93-66-75(82)67-94-100(89,90)96-71-77(69-92-79(84)63-56-49-44-43-45-52-59-72(4)5)98-80(85)64-57-50-41-36-30-27-24-21-19-18-20-23-25-28-33-38-46-53-60-73(6)9-2/h15-17,22,72-77,82H,8-14,18-21,23-71H2,1-7H3,(H,87,88)(H,89,90)/b16-15-,22-17-/t73?,74?,75-,76-,77-/m1/s1. The van der Waals surface area contributed by atoms with Crippen molar-refractivity contribution < 1.29 is 80.2 Å². The molecule has 0 aliphatic rings. The van der Waals surface area contributed by atoms with E-state index in [-0.39, 0.29) is 25.7 Å². The maximum Gasteiger partial charge on any atom is 0.472 e. The number of aliphatic hydroxyl groups is 1. The van der Waals surface area contributed by atoms with Crippen molar-refractivity contribution in [1.82, 2.24) is 0 Å². The molecule has 590 valence electrons. The fourth-order valence-electron chi connectivity index (χ4n) is 11.9. The molecule has 0 aromatic carbocycles. The molecule has 3 N–H and O–H groups in total. The van der Waals surface area contributed by atoms with Crippen LogP contribution in [0.25, 0.3) is 0 Å². The summed E-state index contributed by atoms with van der Waals surface area (Å²) in [6.07, 6.45) is 62.0. The van der Waals surface area contributed by atoms with Gasteiger partial charge in [-0.1, -0.05) is 342 Å². The highest BCUT2D eigenvalue weighted by molar-refractivity contribution is 7.47. The number of phosphoric ester groups is 2. The van der Waals surface area contributed by atoms with Crippen molar-refractivity contribution in [3.8, 4) is 0 Å². The van der Waals surface area contributed by atoms with Crippen molar-refractivity contribution in [3.05, 3.63) is 24.3 Å². The molecule has 100 heavy (non-hydrogen) atoms. The molecule has 4 unspecified atom stereocenters. The number of hydrogen-bond acceptors (Lipinski definition) is 15. The minimum atomic E-state index is -4.97. The summed E-state index contributed by atoms with van der Waals surface area (Å²) in [5, 5.41) is 10.6. The molecule has 0 aliphatic heterocycles. The number of carbonyl (C=O) groups is 4. The van der Waals surface area contributed by atoms with Gasteiger partial charge in [-0.05, 0) is 69.1 Å². The van der Waals surface area contributed by atoms with Crippen LogP contribution in [0.15, 0.2) is 24.3 Å². The Bertz CT molecular complexity index is 2040. The Morgan fingerprint density at radius 2 is 0.590 bits per heavy atom. The van der Waals surface area contributed by atoms with E-state index in [4.69, 9.17) is 37.0 Å². The van der Waals surface area contributed by atoms with Gasteiger partial charge in [-0.15, -0.1) is 0 Å². The van der Waals surface area contributed by atoms with E-state index >= 15 is 0 Å². The minimum absolute atomic E-state index is 0.0991. The second kappa shape index (κ2) is 70.8. The summed E-state index contributed by atoms with van der Waals surface area (Å²) in [5.41, 5.74) is 0. The van der Waals surface area contributed by atoms with E-state index in [0.717, 1.165) is 127 Å². The first-order chi connectivity index (χ1) is 48.3. The van der Waals surface area contributed by atoms with E-state index < -0.39 is 97.5 Å². The molecule has 0 aromatic heterocycles. The second-order valence-corrected chi connectivity index (χ2v) is 32.3. The van der Waals surface area contributed by atoms with Gasteiger partial charge in [0.2, 0.25) is 0 Å². The number of esters is 4. The van der Waals surface area contributed by atoms with Crippen molar-refractivity contribution in [2.24, 2.45) is 17.8 Å². The van der Waals surface area contributed by atoms with Gasteiger partial charge < -0.3 is 33.8 Å². The van der Waals surface area contributed by atoms with Crippen LogP contribution in [-0.4, -0.2) is 96.7 Å². The van der Waals surface area contributed by atoms with Gasteiger partial charge in [-0.3, -0.25) is 37.3 Å². The lowest BCUT2D eigenvalue weighted by molar-refractivity contribution is -0.161. The Labute approximate surface area is 612 Å². The average molecular weight is 1460 g/mol. The smallest absolute Gasteiger partial charge is 0.462 e. The van der Waals surface area contributed by atoms with Gasteiger partial charge in [-0.2, -0.15) is 0 Å². The van der Waals surface area contributed by atoms with Gasteiger partial charge in [0.05, 0.1) is 26.4 Å². The van der Waals surface area contributed by atoms with Crippen LogP contribution in [0.5, 0.6) is 0 Å². The lowest BCUT2D eigenvalue weighted by Crippen LogP contribution is -2.30. The van der Waals surface area contributed by atoms with E-state index in [9.17, 15) is 43.2 Å². The molecule has 0 fully saturated rings. The summed E-state index contributed by atoms with van der Waals surface area (Å²) in [5.74, 6) is 0.203. The highest BCUT2D eigenvalue weighted by Gasteiger charge is 2.30. The number of ether oxygens (including phenoxy) is 4. The van der Waals surface area contributed by atoms with Crippen molar-refractivity contribution in [2.75, 3.05) is 39.6 Å². The predicted molar refractivity (Wildman–Crippen MR) is 409 cm³/mol. The third kappa shape index (κ3) is 71.2. The number of carbonyl (C=O) groups excluding carboxylic acids is 4. The van der Waals surface area contributed by atoms with Gasteiger partial charge in [0.1, 0.15) is 19.3 Å². The molecular weight excluding hydrogens is 1310 g/mol. The quantitative estimate of drug-likeness (QED) is 0.0169. The molecule has 19 heteroatoms. The second-order valence-electron chi connectivity index (χ2n) is 29.4. The summed E-state index contributed by atoms with van der Waals surface area (Å²) in [6, 6.07) is 0. The Morgan fingerprint density at radius 1 is 0.330 bits per heavy atom. The average Bonchev–Trinajstić information content (AvgIpc) is 0.955. The fourth-order valence-corrected chi connectivity index (χ4v) is 13.5. The Balaban J connectivity index is 5.21. The van der Waals surface area contributed by atoms with Crippen molar-refractivity contribution in [3.63, 3.8) is 0 Å². The van der Waals surface area contributed by atoms with Gasteiger partial charge in [0.25, 0.3) is 0 Å². The molecule has 0 bridgehead atoms. The van der Waals surface area contributed by atoms with Gasteiger partial charge in [0, 0.05) is 25.7 Å². The van der Waals surface area contributed by atoms with E-state index in [2.05, 4.69) is 72.8 Å². The van der Waals surface area contributed by atoms with E-state index in [0.29, 0.717) is 31.6 Å². The first-order valence-corrected chi connectivity index (χ1v) is 44.2. The molecule has 7 atom stereocenters.